The molecule has 4 nitrogen and oxygen atoms in total. The summed E-state index contributed by atoms with van der Waals surface area (Å²) in [5.74, 6) is 0.688. The lowest BCUT2D eigenvalue weighted by molar-refractivity contribution is 0.00578. The molecule has 1 aliphatic heterocycles. The number of furan rings is 1. The van der Waals surface area contributed by atoms with Gasteiger partial charge in [0.25, 0.3) is 0 Å². The van der Waals surface area contributed by atoms with Crippen LogP contribution in [0.1, 0.15) is 45.9 Å². The third-order valence-corrected chi connectivity index (χ3v) is 5.04. The molecule has 0 amide bonds. The summed E-state index contributed by atoms with van der Waals surface area (Å²) in [4.78, 5) is 0. The van der Waals surface area contributed by atoms with E-state index in [0.717, 1.165) is 0 Å². The number of hydrogen-bond donors (Lipinski definition) is 1. The van der Waals surface area contributed by atoms with Gasteiger partial charge in [0.1, 0.15) is 22.8 Å². The molecule has 128 valence electrons. The van der Waals surface area contributed by atoms with Gasteiger partial charge < -0.3 is 18.8 Å². The first-order valence-corrected chi connectivity index (χ1v) is 7.98. The smallest absolute Gasteiger partial charge is 0.508 e. The molecule has 0 bridgehead atoms. The maximum Gasteiger partial charge on any atom is 0.525 e. The minimum absolute atomic E-state index is 0.105. The summed E-state index contributed by atoms with van der Waals surface area (Å²) in [6, 6.07) is 4.78. The van der Waals surface area contributed by atoms with Gasteiger partial charge in [0.05, 0.1) is 11.2 Å². The van der Waals surface area contributed by atoms with Gasteiger partial charge in [-0.25, -0.2) is 4.39 Å². The molecule has 0 aliphatic carbocycles. The zero-order chi connectivity index (χ0) is 17.9. The number of aryl methyl sites for hydroxylation is 1. The summed E-state index contributed by atoms with van der Waals surface area (Å²) in [5, 5.41) is 10.4. The summed E-state index contributed by atoms with van der Waals surface area (Å²) in [7, 11) is -1.06. The molecule has 1 aromatic heterocycles. The molecule has 0 unspecified atom stereocenters. The molecule has 24 heavy (non-hydrogen) atoms. The van der Waals surface area contributed by atoms with Gasteiger partial charge >= 0.3 is 7.12 Å². The molecule has 1 aliphatic rings. The first kappa shape index (κ1) is 17.1. The molecule has 2 aromatic rings. The highest BCUT2D eigenvalue weighted by Gasteiger charge is 2.53. The Morgan fingerprint density at radius 3 is 2.29 bits per heavy atom. The molecular weight excluding hydrogens is 310 g/mol. The van der Waals surface area contributed by atoms with Gasteiger partial charge in [0, 0.05) is 10.9 Å². The topological polar surface area (TPSA) is 51.8 Å². The van der Waals surface area contributed by atoms with Crippen LogP contribution in [0.3, 0.4) is 0 Å². The highest BCUT2D eigenvalue weighted by Crippen LogP contribution is 2.41. The SMILES string of the molecule is CC(=C(F)B1OC(C)(C)C(C)(C)O1)c1c(C)oc2ccc(O)cc12. The predicted molar refractivity (Wildman–Crippen MR) is 92.4 cm³/mol. The van der Waals surface area contributed by atoms with Gasteiger partial charge in [0.15, 0.2) is 0 Å². The first-order valence-electron chi connectivity index (χ1n) is 7.98. The van der Waals surface area contributed by atoms with Crippen LogP contribution in [0.2, 0.25) is 0 Å². The molecule has 0 spiro atoms. The number of fused-ring (bicyclic) bond motifs is 1. The van der Waals surface area contributed by atoms with E-state index in [2.05, 4.69) is 0 Å². The van der Waals surface area contributed by atoms with Crippen molar-refractivity contribution in [1.82, 2.24) is 0 Å². The second-order valence-corrected chi connectivity index (χ2v) is 7.27. The minimum Gasteiger partial charge on any atom is -0.508 e. The van der Waals surface area contributed by atoms with E-state index in [9.17, 15) is 5.11 Å². The Labute approximate surface area is 141 Å². The average Bonchev–Trinajstić information content (AvgIpc) is 2.90. The quantitative estimate of drug-likeness (QED) is 0.804. The molecule has 1 fully saturated rings. The summed E-state index contributed by atoms with van der Waals surface area (Å²) < 4.78 is 32.3. The molecular formula is C18H22BFO4. The van der Waals surface area contributed by atoms with Crippen molar-refractivity contribution in [2.75, 3.05) is 0 Å². The van der Waals surface area contributed by atoms with Crippen LogP contribution in [0.15, 0.2) is 28.3 Å². The molecule has 1 aromatic carbocycles. The molecule has 6 heteroatoms. The van der Waals surface area contributed by atoms with E-state index in [1.807, 2.05) is 27.7 Å². The Bertz CT molecular complexity index is 819. The lowest BCUT2D eigenvalue weighted by Gasteiger charge is -2.32. The fourth-order valence-electron chi connectivity index (χ4n) is 2.92. The number of benzene rings is 1. The molecule has 0 radical (unpaired) electrons. The third-order valence-electron chi connectivity index (χ3n) is 5.04. The van der Waals surface area contributed by atoms with Crippen molar-refractivity contribution >= 4 is 23.7 Å². The van der Waals surface area contributed by atoms with Crippen molar-refractivity contribution in [2.45, 2.75) is 52.7 Å². The van der Waals surface area contributed by atoms with E-state index in [0.29, 0.717) is 27.9 Å². The van der Waals surface area contributed by atoms with Gasteiger partial charge in [-0.1, -0.05) is 0 Å². The van der Waals surface area contributed by atoms with Gasteiger partial charge in [-0.2, -0.15) is 0 Å². The predicted octanol–water partition coefficient (Wildman–Crippen LogP) is 4.78. The molecule has 3 rings (SSSR count). The van der Waals surface area contributed by atoms with E-state index < -0.39 is 24.0 Å². The lowest BCUT2D eigenvalue weighted by atomic mass is 9.83. The second kappa shape index (κ2) is 5.36. The van der Waals surface area contributed by atoms with E-state index in [4.69, 9.17) is 13.7 Å². The van der Waals surface area contributed by atoms with Crippen molar-refractivity contribution in [3.63, 3.8) is 0 Å². The van der Waals surface area contributed by atoms with Crippen LogP contribution in [0, 0.1) is 6.92 Å². The monoisotopic (exact) mass is 332 g/mol. The highest BCUT2D eigenvalue weighted by molar-refractivity contribution is 6.55. The van der Waals surface area contributed by atoms with Crippen molar-refractivity contribution < 1.29 is 23.2 Å². The van der Waals surface area contributed by atoms with Crippen LogP contribution in [0.5, 0.6) is 5.75 Å². The Morgan fingerprint density at radius 1 is 1.12 bits per heavy atom. The summed E-state index contributed by atoms with van der Waals surface area (Å²) in [6.07, 6.45) is 0. The number of phenols is 1. The summed E-state index contributed by atoms with van der Waals surface area (Å²) in [5.41, 5.74) is -0.102. The van der Waals surface area contributed by atoms with Crippen LogP contribution in [0.25, 0.3) is 16.5 Å². The molecule has 0 atom stereocenters. The fourth-order valence-corrected chi connectivity index (χ4v) is 2.92. The van der Waals surface area contributed by atoms with Gasteiger partial charge in [-0.05, 0) is 65.3 Å². The number of phenolic OH excluding ortho intramolecular Hbond substituents is 1. The van der Waals surface area contributed by atoms with Crippen molar-refractivity contribution in [3.05, 3.63) is 35.2 Å². The molecule has 1 saturated heterocycles. The van der Waals surface area contributed by atoms with Crippen molar-refractivity contribution in [3.8, 4) is 5.75 Å². The van der Waals surface area contributed by atoms with Crippen LogP contribution in [0.4, 0.5) is 4.39 Å². The molecule has 2 heterocycles. The molecule has 0 saturated carbocycles. The standard InChI is InChI=1S/C18H22BFO4/c1-10(16(20)19-23-17(3,4)18(5,6)24-19)15-11(2)22-14-8-7-12(21)9-13(14)15/h7-9,21H,1-6H3. The van der Waals surface area contributed by atoms with Crippen LogP contribution >= 0.6 is 0 Å². The van der Waals surface area contributed by atoms with Crippen LogP contribution in [-0.4, -0.2) is 23.4 Å². The largest absolute Gasteiger partial charge is 0.525 e. The normalized spacial score (nSPS) is 20.5. The maximum atomic E-state index is 15.1. The van der Waals surface area contributed by atoms with Gasteiger partial charge in [-0.3, -0.25) is 0 Å². The van der Waals surface area contributed by atoms with E-state index in [1.54, 1.807) is 32.0 Å². The lowest BCUT2D eigenvalue weighted by Crippen LogP contribution is -2.41. The minimum atomic E-state index is -1.06. The summed E-state index contributed by atoms with van der Waals surface area (Å²) >= 11 is 0. The third kappa shape index (κ3) is 2.54. The van der Waals surface area contributed by atoms with E-state index in [-0.39, 0.29) is 5.75 Å². The van der Waals surface area contributed by atoms with Crippen molar-refractivity contribution in [1.29, 1.82) is 0 Å². The maximum absolute atomic E-state index is 15.1. The Kier molecular flexibility index (Phi) is 3.81. The Balaban J connectivity index is 2.08. The number of allylic oxidation sites excluding steroid dienone is 1. The second-order valence-electron chi connectivity index (χ2n) is 7.27. The van der Waals surface area contributed by atoms with Gasteiger partial charge in [-0.15, -0.1) is 0 Å². The van der Waals surface area contributed by atoms with Crippen molar-refractivity contribution in [2.24, 2.45) is 0 Å². The zero-order valence-electron chi connectivity index (χ0n) is 14.9. The number of halogens is 1. The number of aromatic hydroxyl groups is 1. The van der Waals surface area contributed by atoms with E-state index >= 15 is 4.39 Å². The average molecular weight is 332 g/mol. The number of hydrogen-bond acceptors (Lipinski definition) is 4. The fraction of sp³-hybridized carbons (Fsp3) is 0.444. The van der Waals surface area contributed by atoms with E-state index in [1.165, 1.54) is 0 Å². The zero-order valence-corrected chi connectivity index (χ0v) is 14.9. The summed E-state index contributed by atoms with van der Waals surface area (Å²) in [6.45, 7) is 11.0. The number of rotatable bonds is 2. The van der Waals surface area contributed by atoms with Crippen LogP contribution < -0.4 is 0 Å². The first-order chi connectivity index (χ1) is 11.0. The van der Waals surface area contributed by atoms with Gasteiger partial charge in [0.2, 0.25) is 0 Å². The molecule has 1 N–H and O–H groups in total. The Hall–Kier alpha value is -1.79. The van der Waals surface area contributed by atoms with Crippen LogP contribution in [-0.2, 0) is 9.31 Å². The highest BCUT2D eigenvalue weighted by atomic mass is 19.1. The Morgan fingerprint density at radius 2 is 1.71 bits per heavy atom.